The van der Waals surface area contributed by atoms with E-state index in [1.165, 1.54) is 24.3 Å². The molecule has 0 radical (unpaired) electrons. The van der Waals surface area contributed by atoms with Crippen LogP contribution in [0.2, 0.25) is 0 Å². The number of benzene rings is 1. The Morgan fingerprint density at radius 3 is 1.61 bits per heavy atom. The van der Waals surface area contributed by atoms with E-state index in [1.807, 2.05) is 0 Å². The molecule has 0 heterocycles. The predicted molar refractivity (Wildman–Crippen MR) is 201 cm³/mol. The third-order valence-corrected chi connectivity index (χ3v) is 8.14. The summed E-state index contributed by atoms with van der Waals surface area (Å²) in [6, 6.07) is -5.22. The number of nitrogens with two attached hydrogens (primary N) is 3. The van der Waals surface area contributed by atoms with Crippen LogP contribution in [-0.4, -0.2) is 153 Å². The number of carboxylic acid groups (broad SMARTS) is 1. The van der Waals surface area contributed by atoms with Crippen LogP contribution in [-0.2, 0) is 40.0 Å². The van der Waals surface area contributed by atoms with E-state index in [1.54, 1.807) is 13.8 Å². The van der Waals surface area contributed by atoms with Crippen LogP contribution >= 0.6 is 0 Å². The number of hydrogen-bond acceptors (Lipinski definition) is 14. The van der Waals surface area contributed by atoms with Crippen molar-refractivity contribution in [3.8, 4) is 5.75 Å². The number of carboxylic acids is 1. The molecule has 0 saturated heterocycles. The van der Waals surface area contributed by atoms with Crippen molar-refractivity contribution in [2.75, 3.05) is 26.4 Å². The minimum Gasteiger partial charge on any atom is -0.508 e. The van der Waals surface area contributed by atoms with Gasteiger partial charge in [-0.2, -0.15) is 0 Å². The molecule has 0 aromatic heterocycles. The molecule has 0 spiro atoms. The normalized spacial score (nSPS) is 15.2. The number of aliphatic hydroxyl groups is 4. The number of aliphatic carboxylic acids is 1. The molecule has 0 bridgehead atoms. The van der Waals surface area contributed by atoms with E-state index in [4.69, 9.17) is 22.3 Å². The Hall–Kier alpha value is -5.62. The zero-order chi connectivity index (χ0) is 43.4. The van der Waals surface area contributed by atoms with Crippen LogP contribution in [0, 0.1) is 5.92 Å². The highest BCUT2D eigenvalue weighted by Gasteiger charge is 2.34. The summed E-state index contributed by atoms with van der Waals surface area (Å²) in [5, 5.41) is 72.1. The molecule has 23 nitrogen and oxygen atoms in total. The van der Waals surface area contributed by atoms with Crippen molar-refractivity contribution < 1.29 is 64.2 Å². The van der Waals surface area contributed by atoms with E-state index in [2.05, 4.69) is 36.9 Å². The van der Waals surface area contributed by atoms with Gasteiger partial charge < -0.3 is 79.7 Å². The number of rotatable bonds is 25. The van der Waals surface area contributed by atoms with E-state index >= 15 is 0 Å². The number of nitrogens with one attached hydrogen (secondary N) is 6. The number of guanidine groups is 1. The van der Waals surface area contributed by atoms with Gasteiger partial charge in [0.05, 0.1) is 25.9 Å². The maximum Gasteiger partial charge on any atom is 0.326 e. The van der Waals surface area contributed by atoms with Crippen LogP contribution in [0.4, 0.5) is 0 Å². The molecule has 1 aromatic rings. The number of aromatic hydroxyl groups is 1. The first-order chi connectivity index (χ1) is 26.7. The van der Waals surface area contributed by atoms with Gasteiger partial charge in [-0.15, -0.1) is 0 Å². The average Bonchev–Trinajstić information content (AvgIpc) is 3.14. The maximum absolute atomic E-state index is 13.5. The van der Waals surface area contributed by atoms with Crippen LogP contribution < -0.4 is 49.1 Å². The number of aliphatic hydroxyl groups excluding tert-OH is 4. The predicted octanol–water partition coefficient (Wildman–Crippen LogP) is -6.29. The Bertz CT molecular complexity index is 1540. The molecule has 0 aliphatic rings. The molecular formula is C34H56N10O13. The lowest BCUT2D eigenvalue weighted by Crippen LogP contribution is -2.62. The van der Waals surface area contributed by atoms with E-state index < -0.39 is 110 Å². The Balaban J connectivity index is 3.20. The quantitative estimate of drug-likeness (QED) is 0.0248. The minimum atomic E-state index is -1.76. The molecule has 0 aliphatic carbocycles. The number of carbonyl (C=O) groups excluding carboxylic acids is 6. The van der Waals surface area contributed by atoms with Crippen LogP contribution in [0.15, 0.2) is 29.3 Å². The van der Waals surface area contributed by atoms with Gasteiger partial charge in [-0.3, -0.25) is 33.8 Å². The number of phenolic OH excluding ortho intramolecular Hbond substituents is 1. The van der Waals surface area contributed by atoms with Crippen molar-refractivity contribution in [2.45, 2.75) is 94.9 Å². The smallest absolute Gasteiger partial charge is 0.326 e. The molecule has 18 N–H and O–H groups in total. The third kappa shape index (κ3) is 17.8. The summed E-state index contributed by atoms with van der Waals surface area (Å²) in [6.45, 7) is 1.77. The highest BCUT2D eigenvalue weighted by atomic mass is 16.4. The third-order valence-electron chi connectivity index (χ3n) is 8.14. The molecule has 320 valence electrons. The summed E-state index contributed by atoms with van der Waals surface area (Å²) in [6.07, 6.45) is -1.81. The van der Waals surface area contributed by atoms with E-state index in [-0.39, 0.29) is 49.9 Å². The Labute approximate surface area is 328 Å². The maximum atomic E-state index is 13.5. The molecule has 0 fully saturated rings. The topological polar surface area (TPSA) is 403 Å². The van der Waals surface area contributed by atoms with Crippen molar-refractivity contribution in [3.05, 3.63) is 29.8 Å². The lowest BCUT2D eigenvalue weighted by molar-refractivity contribution is -0.142. The first kappa shape index (κ1) is 49.4. The lowest BCUT2D eigenvalue weighted by Gasteiger charge is -2.27. The van der Waals surface area contributed by atoms with Gasteiger partial charge in [-0.1, -0.05) is 26.0 Å². The summed E-state index contributed by atoms with van der Waals surface area (Å²) >= 11 is 0. The van der Waals surface area contributed by atoms with Gasteiger partial charge in [0, 0.05) is 13.0 Å². The molecule has 0 aliphatic heterocycles. The molecule has 23 heteroatoms. The van der Waals surface area contributed by atoms with Gasteiger partial charge >= 0.3 is 5.97 Å². The highest BCUT2D eigenvalue weighted by molar-refractivity contribution is 5.97. The van der Waals surface area contributed by atoms with Gasteiger partial charge in [0.15, 0.2) is 5.96 Å². The summed E-state index contributed by atoms with van der Waals surface area (Å²) in [4.78, 5) is 94.3. The Kier molecular flexibility index (Phi) is 21.5. The summed E-state index contributed by atoms with van der Waals surface area (Å²) in [5.74, 6) is -8.13. The number of aliphatic imine (C=N–C) groups is 1. The van der Waals surface area contributed by atoms with Gasteiger partial charge in [0.1, 0.15) is 48.0 Å². The first-order valence-electron chi connectivity index (χ1n) is 17.9. The zero-order valence-electron chi connectivity index (χ0n) is 31.9. The van der Waals surface area contributed by atoms with Crippen molar-refractivity contribution >= 4 is 47.4 Å². The monoisotopic (exact) mass is 812 g/mol. The Morgan fingerprint density at radius 2 is 1.14 bits per heavy atom. The van der Waals surface area contributed by atoms with Crippen molar-refractivity contribution in [1.29, 1.82) is 0 Å². The van der Waals surface area contributed by atoms with E-state index in [0.717, 1.165) is 6.92 Å². The number of carbonyl (C=O) groups is 7. The fourth-order valence-corrected chi connectivity index (χ4v) is 5.03. The second-order valence-corrected chi connectivity index (χ2v) is 13.5. The second kappa shape index (κ2) is 24.8. The second-order valence-electron chi connectivity index (χ2n) is 13.5. The largest absolute Gasteiger partial charge is 0.508 e. The average molecular weight is 813 g/mol. The lowest BCUT2D eigenvalue weighted by atomic mass is 10.0. The molecule has 6 amide bonds. The van der Waals surface area contributed by atoms with Gasteiger partial charge in [0.25, 0.3) is 0 Å². The minimum absolute atomic E-state index is 0.0147. The Morgan fingerprint density at radius 1 is 0.667 bits per heavy atom. The molecule has 1 aromatic carbocycles. The summed E-state index contributed by atoms with van der Waals surface area (Å²) in [7, 11) is 0. The summed E-state index contributed by atoms with van der Waals surface area (Å²) in [5.41, 5.74) is 16.6. The first-order valence-corrected chi connectivity index (χ1v) is 17.9. The highest BCUT2D eigenvalue weighted by Crippen LogP contribution is 2.13. The van der Waals surface area contributed by atoms with Gasteiger partial charge in [-0.05, 0) is 49.8 Å². The molecular weight excluding hydrogens is 756 g/mol. The van der Waals surface area contributed by atoms with E-state index in [0.29, 0.717) is 5.56 Å². The number of hydrogen-bond donors (Lipinski definition) is 15. The van der Waals surface area contributed by atoms with Gasteiger partial charge in [0.2, 0.25) is 35.4 Å². The van der Waals surface area contributed by atoms with Crippen LogP contribution in [0.5, 0.6) is 5.75 Å². The fraction of sp³-hybridized carbons (Fsp3) is 0.588. The van der Waals surface area contributed by atoms with Crippen LogP contribution in [0.1, 0.15) is 45.6 Å². The van der Waals surface area contributed by atoms with Crippen molar-refractivity contribution in [2.24, 2.45) is 28.1 Å². The van der Waals surface area contributed by atoms with Gasteiger partial charge in [-0.25, -0.2) is 4.79 Å². The van der Waals surface area contributed by atoms with Crippen LogP contribution in [0.3, 0.4) is 0 Å². The van der Waals surface area contributed by atoms with E-state index in [9.17, 15) is 59.1 Å². The van der Waals surface area contributed by atoms with Crippen molar-refractivity contribution in [3.63, 3.8) is 0 Å². The summed E-state index contributed by atoms with van der Waals surface area (Å²) < 4.78 is 0. The molecule has 8 atom stereocenters. The standard InChI is InChI=1S/C34H56N10O13/c1-16(2)11-22(29(52)41-23(33(56)57)12-18-6-8-19(49)9-7-18)40-31(54)24(14-46)42-28(51)21(5-4-10-38-34(36)37)39-30(53)25(15-47)43-32(55)26(17(3)48)44-27(50)20(35)13-45/h6-9,16-17,20-26,45-49H,4-5,10-15,35H2,1-3H3,(H,39,53)(H,40,54)(H,41,52)(H,42,51)(H,43,55)(H,44,50)(H,56,57)(H4,36,37,38)/t17-,20+,21+,22+,23+,24+,25+,26+/m1/s1. The van der Waals surface area contributed by atoms with Crippen LogP contribution in [0.25, 0.3) is 0 Å². The molecule has 0 saturated carbocycles. The molecule has 57 heavy (non-hydrogen) atoms. The number of nitrogens with zero attached hydrogens (tertiary/aromatic N) is 1. The number of amides is 6. The van der Waals surface area contributed by atoms with Crippen molar-refractivity contribution in [1.82, 2.24) is 31.9 Å². The molecule has 0 unspecified atom stereocenters. The molecule has 1 rings (SSSR count). The zero-order valence-corrected chi connectivity index (χ0v) is 31.9. The fourth-order valence-electron chi connectivity index (χ4n) is 5.03. The number of phenols is 1. The SMILES string of the molecule is CC(C)C[C@H](NC(=O)[C@H](CO)NC(=O)[C@H](CCCN=C(N)N)NC(=O)[C@H](CO)NC(=O)[C@@H](NC(=O)[C@@H](N)CO)[C@@H](C)O)C(=O)N[C@@H](Cc1ccc(O)cc1)C(=O)O.